The van der Waals surface area contributed by atoms with Crippen molar-refractivity contribution in [2.75, 3.05) is 0 Å². The van der Waals surface area contributed by atoms with Gasteiger partial charge in [-0.1, -0.05) is 19.6 Å². The van der Waals surface area contributed by atoms with Crippen molar-refractivity contribution < 1.29 is 9.59 Å². The molecule has 3 heteroatoms. The van der Waals surface area contributed by atoms with Crippen LogP contribution in [-0.2, 0) is 9.59 Å². The third kappa shape index (κ3) is 2.64. The highest BCUT2D eigenvalue weighted by Crippen LogP contribution is 1.94. The third-order valence-electron chi connectivity index (χ3n) is 1.66. The van der Waals surface area contributed by atoms with Crippen molar-refractivity contribution in [2.24, 2.45) is 0 Å². The van der Waals surface area contributed by atoms with E-state index in [1.165, 1.54) is 0 Å². The Balaban J connectivity index is 3.94. The van der Waals surface area contributed by atoms with Gasteiger partial charge >= 0.3 is 14.1 Å². The summed E-state index contributed by atoms with van der Waals surface area (Å²) in [5.74, 6) is 1.82. The highest BCUT2D eigenvalue weighted by molar-refractivity contribution is 7.10. The van der Waals surface area contributed by atoms with Crippen molar-refractivity contribution >= 4 is 23.4 Å². The normalized spacial score (nSPS) is 9.10. The third-order valence-corrected chi connectivity index (χ3v) is 4.41. The average molecular weight is 156 g/mol. The molecule has 0 unspecified atom stereocenters. The van der Waals surface area contributed by atoms with Gasteiger partial charge in [0, 0.05) is 0 Å². The molecule has 2 nitrogen and oxygen atoms in total. The molecule has 0 atom stereocenters. The topological polar surface area (TPSA) is 34.1 Å². The fourth-order valence-corrected chi connectivity index (χ4v) is 2.38. The van der Waals surface area contributed by atoms with E-state index in [0.29, 0.717) is 12.8 Å². The van der Waals surface area contributed by atoms with E-state index in [1.54, 1.807) is 0 Å². The molecule has 0 saturated carbocycles. The Kier molecular flexibility index (Phi) is 4.59. The zero-order valence-corrected chi connectivity index (χ0v) is 7.96. The van der Waals surface area contributed by atoms with Crippen LogP contribution in [0.2, 0.25) is 5.79 Å². The molecule has 0 bridgehead atoms. The summed E-state index contributed by atoms with van der Waals surface area (Å²) in [4.78, 5) is 21.9. The lowest BCUT2D eigenvalue weighted by atomic mass is 10.5. The molecule has 10 heavy (non-hydrogen) atoms. The van der Waals surface area contributed by atoms with Gasteiger partial charge in [0.2, 0.25) is 0 Å². The zero-order chi connectivity index (χ0) is 8.15. The van der Waals surface area contributed by atoms with Gasteiger partial charge in [0.05, 0.1) is 9.29 Å². The van der Waals surface area contributed by atoms with Crippen LogP contribution in [0.25, 0.3) is 0 Å². The summed E-state index contributed by atoms with van der Waals surface area (Å²) >= 11 is -1.67. The Morgan fingerprint density at radius 1 is 1.10 bits per heavy atom. The van der Waals surface area contributed by atoms with Crippen LogP contribution in [0.1, 0.15) is 26.7 Å². The van der Waals surface area contributed by atoms with Crippen LogP contribution in [0.3, 0.4) is 0 Å². The first kappa shape index (κ1) is 9.87. The first-order valence-corrected chi connectivity index (χ1v) is 5.99. The standard InChI is InChI=1S/2C3H5O.CH3.Al/c2*1-2-3-4;;/h2*2H2,1H3;1H3;. The van der Waals surface area contributed by atoms with E-state index in [9.17, 15) is 9.59 Å². The molecule has 0 radical (unpaired) electrons. The molecule has 0 aliphatic rings. The van der Waals surface area contributed by atoms with Gasteiger partial charge in [-0.05, 0) is 12.8 Å². The monoisotopic (exact) mass is 156 g/mol. The second kappa shape index (κ2) is 4.65. The van der Waals surface area contributed by atoms with E-state index >= 15 is 0 Å². The molecular weight excluding hydrogens is 143 g/mol. The van der Waals surface area contributed by atoms with Crippen molar-refractivity contribution in [3.63, 3.8) is 0 Å². The Morgan fingerprint density at radius 3 is 1.60 bits per heavy atom. The highest BCUT2D eigenvalue weighted by Gasteiger charge is 2.26. The molecule has 0 aromatic heterocycles. The van der Waals surface area contributed by atoms with Crippen molar-refractivity contribution in [3.8, 4) is 0 Å². The lowest BCUT2D eigenvalue weighted by Gasteiger charge is -1.98. The van der Waals surface area contributed by atoms with Gasteiger partial charge in [0.25, 0.3) is 0 Å². The second-order valence-electron chi connectivity index (χ2n) is 2.36. The summed E-state index contributed by atoms with van der Waals surface area (Å²) in [5.41, 5.74) is 0. The van der Waals surface area contributed by atoms with Crippen molar-refractivity contribution in [1.29, 1.82) is 0 Å². The molecule has 0 aliphatic heterocycles. The molecule has 0 saturated heterocycles. The van der Waals surface area contributed by atoms with Crippen LogP contribution in [0, 0.1) is 0 Å². The maximum Gasteiger partial charge on any atom is 0.457 e. The molecule has 0 aromatic rings. The van der Waals surface area contributed by atoms with Crippen molar-refractivity contribution in [2.45, 2.75) is 32.5 Å². The SMILES string of the molecule is CC[C](=O)[Al]([CH3])[C](=O)CC. The lowest BCUT2D eigenvalue weighted by molar-refractivity contribution is -0.115. The fourth-order valence-electron chi connectivity index (χ4n) is 0.792. The first-order valence-electron chi connectivity index (χ1n) is 3.68. The molecule has 0 aromatic carbocycles. The minimum absolute atomic E-state index is 0.187. The first-order chi connectivity index (χ1) is 4.63. The Labute approximate surface area is 66.0 Å². The van der Waals surface area contributed by atoms with Crippen LogP contribution < -0.4 is 0 Å². The van der Waals surface area contributed by atoms with Gasteiger partial charge in [-0.25, -0.2) is 0 Å². The maximum absolute atomic E-state index is 11.0. The van der Waals surface area contributed by atoms with Crippen LogP contribution >= 0.6 is 0 Å². The molecule has 0 fully saturated rings. The zero-order valence-electron chi connectivity index (χ0n) is 6.81. The van der Waals surface area contributed by atoms with Crippen LogP contribution in [0.4, 0.5) is 0 Å². The summed E-state index contributed by atoms with van der Waals surface area (Å²) in [5, 5.41) is 0. The van der Waals surface area contributed by atoms with E-state index in [1.807, 2.05) is 19.6 Å². The van der Waals surface area contributed by atoms with Gasteiger partial charge < -0.3 is 9.59 Å². The molecule has 0 spiro atoms. The Bertz CT molecular complexity index is 127. The van der Waals surface area contributed by atoms with E-state index in [-0.39, 0.29) is 9.29 Å². The van der Waals surface area contributed by atoms with E-state index in [2.05, 4.69) is 0 Å². The van der Waals surface area contributed by atoms with Crippen molar-refractivity contribution in [3.05, 3.63) is 0 Å². The summed E-state index contributed by atoms with van der Waals surface area (Å²) in [6.07, 6.45) is 1.05. The summed E-state index contributed by atoms with van der Waals surface area (Å²) in [7, 11) is 0. The summed E-state index contributed by atoms with van der Waals surface area (Å²) in [6.45, 7) is 3.63. The summed E-state index contributed by atoms with van der Waals surface area (Å²) in [6, 6.07) is 0. The molecular formula is C7H13AlO2. The van der Waals surface area contributed by atoms with E-state index in [0.717, 1.165) is 0 Å². The fraction of sp³-hybridized carbons (Fsp3) is 0.714. The quantitative estimate of drug-likeness (QED) is 0.572. The van der Waals surface area contributed by atoms with Gasteiger partial charge in [-0.3, -0.25) is 0 Å². The number of carbonyl (C=O) groups is 2. The predicted molar refractivity (Wildman–Crippen MR) is 42.2 cm³/mol. The van der Waals surface area contributed by atoms with Crippen LogP contribution in [-0.4, -0.2) is 23.4 Å². The molecule has 0 amide bonds. The smallest absolute Gasteiger partial charge is 0.320 e. The minimum Gasteiger partial charge on any atom is -0.320 e. The van der Waals surface area contributed by atoms with E-state index in [4.69, 9.17) is 0 Å². The highest BCUT2D eigenvalue weighted by atomic mass is 27.2. The van der Waals surface area contributed by atoms with E-state index < -0.39 is 14.1 Å². The molecule has 0 aliphatic carbocycles. The Hall–Kier alpha value is -0.128. The van der Waals surface area contributed by atoms with Gasteiger partial charge in [0.15, 0.2) is 0 Å². The number of hydrogen-bond donors (Lipinski definition) is 0. The lowest BCUT2D eigenvalue weighted by Crippen LogP contribution is -2.31. The average Bonchev–Trinajstić information content (AvgIpc) is 2.00. The molecule has 0 N–H and O–H groups in total. The maximum atomic E-state index is 11.0. The molecule has 0 heterocycles. The second-order valence-corrected chi connectivity index (χ2v) is 5.09. The number of rotatable bonds is 4. The van der Waals surface area contributed by atoms with Crippen LogP contribution in [0.15, 0.2) is 0 Å². The predicted octanol–water partition coefficient (Wildman–Crippen LogP) is 1.15. The minimum atomic E-state index is -1.67. The van der Waals surface area contributed by atoms with Crippen LogP contribution in [0.5, 0.6) is 0 Å². The van der Waals surface area contributed by atoms with Gasteiger partial charge in [0.1, 0.15) is 0 Å². The largest absolute Gasteiger partial charge is 0.457 e. The Morgan fingerprint density at radius 2 is 1.40 bits per heavy atom. The number of hydrogen-bond acceptors (Lipinski definition) is 2. The van der Waals surface area contributed by atoms with Gasteiger partial charge in [-0.15, -0.1) is 0 Å². The molecule has 0 rings (SSSR count). The van der Waals surface area contributed by atoms with Gasteiger partial charge in [-0.2, -0.15) is 0 Å². The van der Waals surface area contributed by atoms with Crippen molar-refractivity contribution in [1.82, 2.24) is 0 Å². The number of carbonyl (C=O) groups excluding carboxylic acids is 2. The molecule has 56 valence electrons. The summed E-state index contributed by atoms with van der Waals surface area (Å²) < 4.78 is 0.374.